The first kappa shape index (κ1) is 22.9. The monoisotopic (exact) mass is 457 g/mol. The van der Waals surface area contributed by atoms with E-state index in [1.54, 1.807) is 50.2 Å². The molecule has 1 heterocycles. The summed E-state index contributed by atoms with van der Waals surface area (Å²) in [5.74, 6) is 1.21. The van der Waals surface area contributed by atoms with Crippen molar-refractivity contribution in [2.45, 2.75) is 18.7 Å². The van der Waals surface area contributed by atoms with Gasteiger partial charge in [-0.25, -0.2) is 0 Å². The molecule has 0 fully saturated rings. The summed E-state index contributed by atoms with van der Waals surface area (Å²) in [6.07, 6.45) is 0. The van der Waals surface area contributed by atoms with Gasteiger partial charge >= 0.3 is 0 Å². The molecule has 1 amide bonds. The Balaban J connectivity index is 1.69. The van der Waals surface area contributed by atoms with Crippen molar-refractivity contribution in [3.05, 3.63) is 71.7 Å². The van der Waals surface area contributed by atoms with Gasteiger partial charge in [-0.05, 0) is 55.8 Å². The van der Waals surface area contributed by atoms with Crippen LogP contribution in [0, 0.1) is 6.92 Å². The van der Waals surface area contributed by atoms with Crippen molar-refractivity contribution in [2.75, 3.05) is 19.5 Å². The van der Waals surface area contributed by atoms with Crippen LogP contribution in [0.2, 0.25) is 0 Å². The van der Waals surface area contributed by atoms with E-state index in [-0.39, 0.29) is 16.6 Å². The van der Waals surface area contributed by atoms with Crippen LogP contribution in [0.25, 0.3) is 0 Å². The lowest BCUT2D eigenvalue weighted by Crippen LogP contribution is -2.20. The maximum absolute atomic E-state index is 12.6. The zero-order valence-electron chi connectivity index (χ0n) is 18.0. The van der Waals surface area contributed by atoms with Crippen molar-refractivity contribution in [1.82, 2.24) is 4.83 Å². The van der Waals surface area contributed by atoms with Crippen LogP contribution >= 0.6 is 0 Å². The number of hydrogen-bond donors (Lipinski definition) is 2. The Kier molecular flexibility index (Phi) is 6.84. The highest BCUT2D eigenvalue weighted by Gasteiger charge is 2.17. The molecule has 3 rings (SSSR count). The lowest BCUT2D eigenvalue weighted by molar-refractivity contribution is 0.0995. The Morgan fingerprint density at radius 1 is 0.969 bits per heavy atom. The Labute approximate surface area is 186 Å². The third-order valence-corrected chi connectivity index (χ3v) is 5.73. The fourth-order valence-electron chi connectivity index (χ4n) is 2.77. The molecule has 3 aromatic rings. The number of hydrogen-bond acceptors (Lipinski definition) is 7. The van der Waals surface area contributed by atoms with Crippen LogP contribution in [0.4, 0.5) is 5.69 Å². The topological polar surface area (TPSA) is 119 Å². The summed E-state index contributed by atoms with van der Waals surface area (Å²) < 4.78 is 40.7. The molecule has 0 atom stereocenters. The number of carbonyl (C=O) groups excluding carboxylic acids is 1. The molecule has 32 heavy (non-hydrogen) atoms. The van der Waals surface area contributed by atoms with Gasteiger partial charge in [0.15, 0.2) is 17.3 Å². The van der Waals surface area contributed by atoms with Gasteiger partial charge in [0.1, 0.15) is 5.76 Å². The van der Waals surface area contributed by atoms with E-state index in [0.29, 0.717) is 34.2 Å². The van der Waals surface area contributed by atoms with Gasteiger partial charge in [-0.1, -0.05) is 12.1 Å². The van der Waals surface area contributed by atoms with Gasteiger partial charge in [-0.2, -0.15) is 18.4 Å². The van der Waals surface area contributed by atoms with Crippen molar-refractivity contribution >= 4 is 27.3 Å². The van der Waals surface area contributed by atoms with Crippen molar-refractivity contribution in [1.29, 1.82) is 0 Å². The summed E-state index contributed by atoms with van der Waals surface area (Å²) in [5.41, 5.74) is 1.67. The summed E-state index contributed by atoms with van der Waals surface area (Å²) in [4.78, 5) is 14.4. The number of rotatable bonds is 8. The second-order valence-corrected chi connectivity index (χ2v) is 8.41. The number of hydrazone groups is 1. The minimum atomic E-state index is -3.91. The molecule has 0 aliphatic carbocycles. The molecule has 0 bridgehead atoms. The van der Waals surface area contributed by atoms with Gasteiger partial charge in [0.25, 0.3) is 15.9 Å². The maximum Gasteiger partial charge on any atom is 0.291 e. The summed E-state index contributed by atoms with van der Waals surface area (Å²) in [7, 11) is -1.03. The van der Waals surface area contributed by atoms with Gasteiger partial charge in [0.2, 0.25) is 0 Å². The average Bonchev–Trinajstić information content (AvgIpc) is 3.24. The van der Waals surface area contributed by atoms with Crippen molar-refractivity contribution in [3.63, 3.8) is 0 Å². The summed E-state index contributed by atoms with van der Waals surface area (Å²) >= 11 is 0. The molecule has 0 spiro atoms. The zero-order chi connectivity index (χ0) is 23.3. The van der Waals surface area contributed by atoms with Gasteiger partial charge in [0.05, 0.1) is 24.8 Å². The van der Waals surface area contributed by atoms with E-state index in [4.69, 9.17) is 13.9 Å². The van der Waals surface area contributed by atoms with Crippen LogP contribution in [-0.2, 0) is 10.0 Å². The normalized spacial score (nSPS) is 11.7. The summed E-state index contributed by atoms with van der Waals surface area (Å²) in [6.45, 7) is 3.42. The van der Waals surface area contributed by atoms with Gasteiger partial charge in [0, 0.05) is 11.8 Å². The lowest BCUT2D eigenvalue weighted by Gasteiger charge is -2.10. The number of benzene rings is 2. The Hall–Kier alpha value is -3.79. The third kappa shape index (κ3) is 5.27. The number of carbonyl (C=O) groups is 1. The fraction of sp³-hybridized carbons (Fsp3) is 0.182. The second-order valence-electron chi connectivity index (χ2n) is 6.75. The highest BCUT2D eigenvalue weighted by Crippen LogP contribution is 2.29. The van der Waals surface area contributed by atoms with Crippen LogP contribution in [0.3, 0.4) is 0 Å². The minimum absolute atomic E-state index is 0.0158. The van der Waals surface area contributed by atoms with Crippen molar-refractivity contribution in [3.8, 4) is 11.5 Å². The highest BCUT2D eigenvalue weighted by atomic mass is 32.2. The van der Waals surface area contributed by atoms with E-state index < -0.39 is 10.0 Å². The molecule has 0 aliphatic rings. The summed E-state index contributed by atoms with van der Waals surface area (Å²) in [6, 6.07) is 14.4. The second kappa shape index (κ2) is 9.56. The molecule has 0 saturated heterocycles. The molecule has 168 valence electrons. The van der Waals surface area contributed by atoms with Gasteiger partial charge in [-0.15, -0.1) is 0 Å². The van der Waals surface area contributed by atoms with Crippen LogP contribution in [0.1, 0.15) is 28.8 Å². The van der Waals surface area contributed by atoms with E-state index in [9.17, 15) is 13.2 Å². The molecule has 10 heteroatoms. The quantitative estimate of drug-likeness (QED) is 0.394. The molecule has 1 aromatic heterocycles. The molecule has 0 unspecified atom stereocenters. The van der Waals surface area contributed by atoms with Gasteiger partial charge < -0.3 is 19.2 Å². The number of anilines is 1. The smallest absolute Gasteiger partial charge is 0.291 e. The van der Waals surface area contributed by atoms with E-state index in [2.05, 4.69) is 15.2 Å². The number of methoxy groups -OCH3 is 2. The standard InChI is InChI=1S/C22H23N3O6S/c1-14-5-11-20(31-14)22(26)23-17-8-6-16(7-9-17)15(2)24-25-32(27,28)18-10-12-19(29-3)21(13-18)30-4/h5-13,25H,1-4H3,(H,23,26)/b24-15-. The predicted octanol–water partition coefficient (Wildman–Crippen LogP) is 3.56. The number of nitrogens with zero attached hydrogens (tertiary/aromatic N) is 1. The summed E-state index contributed by atoms with van der Waals surface area (Å²) in [5, 5.41) is 6.72. The SMILES string of the molecule is COc1ccc(S(=O)(=O)N/N=C(/C)c2ccc(NC(=O)c3ccc(C)o3)cc2)cc1OC. The molecule has 9 nitrogen and oxygen atoms in total. The van der Waals surface area contributed by atoms with E-state index in [1.807, 2.05) is 0 Å². The van der Waals surface area contributed by atoms with Crippen LogP contribution in [-0.4, -0.2) is 34.3 Å². The van der Waals surface area contributed by atoms with Crippen LogP contribution in [0.15, 0.2) is 69.0 Å². The van der Waals surface area contributed by atoms with Crippen LogP contribution in [0.5, 0.6) is 11.5 Å². The highest BCUT2D eigenvalue weighted by molar-refractivity contribution is 7.89. The molecular formula is C22H23N3O6S. The molecule has 0 radical (unpaired) electrons. The third-order valence-electron chi connectivity index (χ3n) is 4.52. The first-order chi connectivity index (χ1) is 15.2. The number of amides is 1. The zero-order valence-corrected chi connectivity index (χ0v) is 18.8. The van der Waals surface area contributed by atoms with Crippen LogP contribution < -0.4 is 19.6 Å². The lowest BCUT2D eigenvalue weighted by atomic mass is 10.1. The molecule has 2 aromatic carbocycles. The fourth-order valence-corrected chi connectivity index (χ4v) is 3.65. The Bertz CT molecular complexity index is 1250. The number of sulfonamides is 1. The molecular weight excluding hydrogens is 434 g/mol. The minimum Gasteiger partial charge on any atom is -0.493 e. The molecule has 0 aliphatic heterocycles. The van der Waals surface area contributed by atoms with E-state index in [1.165, 1.54) is 32.4 Å². The Morgan fingerprint density at radius 2 is 1.66 bits per heavy atom. The number of aryl methyl sites for hydroxylation is 1. The number of furan rings is 1. The maximum atomic E-state index is 12.6. The average molecular weight is 458 g/mol. The van der Waals surface area contributed by atoms with Crippen molar-refractivity contribution < 1.29 is 27.1 Å². The van der Waals surface area contributed by atoms with Gasteiger partial charge in [-0.3, -0.25) is 4.79 Å². The largest absolute Gasteiger partial charge is 0.493 e. The first-order valence-corrected chi connectivity index (χ1v) is 11.0. The Morgan fingerprint density at radius 3 is 2.25 bits per heavy atom. The van der Waals surface area contributed by atoms with E-state index >= 15 is 0 Å². The number of nitrogens with one attached hydrogen (secondary N) is 2. The first-order valence-electron chi connectivity index (χ1n) is 9.50. The van der Waals surface area contributed by atoms with Crippen molar-refractivity contribution in [2.24, 2.45) is 5.10 Å². The number of ether oxygens (including phenoxy) is 2. The van der Waals surface area contributed by atoms with E-state index in [0.717, 1.165) is 0 Å². The molecule has 0 saturated carbocycles. The molecule has 2 N–H and O–H groups in total. The predicted molar refractivity (Wildman–Crippen MR) is 120 cm³/mol.